The summed E-state index contributed by atoms with van der Waals surface area (Å²) in [6.07, 6.45) is 0. The smallest absolute Gasteiger partial charge is 0.119 e. The van der Waals surface area contributed by atoms with Gasteiger partial charge in [-0.3, -0.25) is 0 Å². The van der Waals surface area contributed by atoms with Gasteiger partial charge in [0.15, 0.2) is 0 Å². The van der Waals surface area contributed by atoms with Crippen LogP contribution in [0.1, 0.15) is 25.3 Å². The van der Waals surface area contributed by atoms with Gasteiger partial charge in [0.2, 0.25) is 0 Å². The maximum absolute atomic E-state index is 5.26. The van der Waals surface area contributed by atoms with Gasteiger partial charge in [-0.05, 0) is 43.6 Å². The normalized spacial score (nSPS) is 14.9. The summed E-state index contributed by atoms with van der Waals surface area (Å²) in [5, 5.41) is 0. The quantitative estimate of drug-likeness (QED) is 0.758. The van der Waals surface area contributed by atoms with Crippen LogP contribution in [0.4, 0.5) is 0 Å². The Hall–Kier alpha value is -1.02. The SMILES string of the molecule is COc1cccc([C@H](C)[C@@H](C)CN(C)C)c1. The van der Waals surface area contributed by atoms with Crippen molar-refractivity contribution in [3.05, 3.63) is 29.8 Å². The zero-order chi connectivity index (χ0) is 12.1. The second-order valence-corrected chi connectivity index (χ2v) is 4.80. The van der Waals surface area contributed by atoms with Crippen molar-refractivity contribution in [1.82, 2.24) is 4.90 Å². The second-order valence-electron chi connectivity index (χ2n) is 4.80. The fourth-order valence-corrected chi connectivity index (χ4v) is 1.99. The molecule has 2 heteroatoms. The number of benzene rings is 1. The highest BCUT2D eigenvalue weighted by Gasteiger charge is 2.15. The molecule has 0 bridgehead atoms. The van der Waals surface area contributed by atoms with Crippen molar-refractivity contribution in [3.8, 4) is 5.75 Å². The van der Waals surface area contributed by atoms with Gasteiger partial charge in [0, 0.05) is 6.54 Å². The van der Waals surface area contributed by atoms with E-state index >= 15 is 0 Å². The lowest BCUT2D eigenvalue weighted by atomic mass is 9.88. The fourth-order valence-electron chi connectivity index (χ4n) is 1.99. The van der Waals surface area contributed by atoms with Gasteiger partial charge < -0.3 is 9.64 Å². The van der Waals surface area contributed by atoms with Crippen LogP contribution >= 0.6 is 0 Å². The van der Waals surface area contributed by atoms with Crippen LogP contribution in [0.2, 0.25) is 0 Å². The molecular weight excluding hydrogens is 198 g/mol. The third-order valence-corrected chi connectivity index (χ3v) is 3.13. The van der Waals surface area contributed by atoms with Gasteiger partial charge in [0.1, 0.15) is 5.75 Å². The average Bonchev–Trinajstić information content (AvgIpc) is 2.27. The number of rotatable bonds is 5. The third kappa shape index (κ3) is 3.53. The molecule has 2 nitrogen and oxygen atoms in total. The molecule has 0 saturated heterocycles. The molecule has 0 aliphatic carbocycles. The predicted octanol–water partition coefficient (Wildman–Crippen LogP) is 3.00. The van der Waals surface area contributed by atoms with E-state index in [0.717, 1.165) is 12.3 Å². The molecule has 0 amide bonds. The van der Waals surface area contributed by atoms with Crippen molar-refractivity contribution in [2.45, 2.75) is 19.8 Å². The summed E-state index contributed by atoms with van der Waals surface area (Å²) < 4.78 is 5.26. The standard InChI is InChI=1S/C14H23NO/c1-11(10-15(3)4)12(2)13-7-6-8-14(9-13)16-5/h6-9,11-12H,10H2,1-5H3/t11-,12+/m0/s1. The predicted molar refractivity (Wildman–Crippen MR) is 69.1 cm³/mol. The summed E-state index contributed by atoms with van der Waals surface area (Å²) in [6, 6.07) is 8.37. The summed E-state index contributed by atoms with van der Waals surface area (Å²) in [7, 11) is 5.95. The Kier molecular flexibility index (Phi) is 4.81. The molecule has 0 N–H and O–H groups in total. The van der Waals surface area contributed by atoms with Gasteiger partial charge in [0.05, 0.1) is 7.11 Å². The van der Waals surface area contributed by atoms with Gasteiger partial charge >= 0.3 is 0 Å². The highest BCUT2D eigenvalue weighted by Crippen LogP contribution is 2.27. The molecule has 16 heavy (non-hydrogen) atoms. The summed E-state index contributed by atoms with van der Waals surface area (Å²) in [6.45, 7) is 5.69. The second kappa shape index (κ2) is 5.90. The monoisotopic (exact) mass is 221 g/mol. The van der Waals surface area contributed by atoms with Crippen molar-refractivity contribution in [2.75, 3.05) is 27.7 Å². The molecule has 0 aliphatic heterocycles. The molecular formula is C14H23NO. The summed E-state index contributed by atoms with van der Waals surface area (Å²) >= 11 is 0. The van der Waals surface area contributed by atoms with Crippen LogP contribution < -0.4 is 4.74 Å². The molecule has 1 rings (SSSR count). The van der Waals surface area contributed by atoms with Crippen LogP contribution in [-0.4, -0.2) is 32.6 Å². The Morgan fingerprint density at radius 2 is 1.94 bits per heavy atom. The Morgan fingerprint density at radius 3 is 2.50 bits per heavy atom. The first kappa shape index (κ1) is 13.0. The van der Waals surface area contributed by atoms with E-state index in [9.17, 15) is 0 Å². The largest absolute Gasteiger partial charge is 0.497 e. The Labute approximate surface area is 99.2 Å². The zero-order valence-corrected chi connectivity index (χ0v) is 11.0. The Morgan fingerprint density at radius 1 is 1.25 bits per heavy atom. The van der Waals surface area contributed by atoms with E-state index in [1.54, 1.807) is 7.11 Å². The molecule has 1 aromatic rings. The molecule has 0 spiro atoms. The molecule has 0 saturated carbocycles. The lowest BCUT2D eigenvalue weighted by Crippen LogP contribution is -2.23. The van der Waals surface area contributed by atoms with Gasteiger partial charge in [-0.2, -0.15) is 0 Å². The van der Waals surface area contributed by atoms with E-state index in [4.69, 9.17) is 4.74 Å². The van der Waals surface area contributed by atoms with Gasteiger partial charge in [0.25, 0.3) is 0 Å². The van der Waals surface area contributed by atoms with Crippen molar-refractivity contribution in [1.29, 1.82) is 0 Å². The molecule has 0 unspecified atom stereocenters. The van der Waals surface area contributed by atoms with Gasteiger partial charge in [-0.15, -0.1) is 0 Å². The fraction of sp³-hybridized carbons (Fsp3) is 0.571. The van der Waals surface area contributed by atoms with Crippen LogP contribution in [0.5, 0.6) is 5.75 Å². The van der Waals surface area contributed by atoms with E-state index in [-0.39, 0.29) is 0 Å². The summed E-state index contributed by atoms with van der Waals surface area (Å²) in [5.41, 5.74) is 1.36. The topological polar surface area (TPSA) is 12.5 Å². The molecule has 0 aromatic heterocycles. The molecule has 0 radical (unpaired) electrons. The van der Waals surface area contributed by atoms with E-state index in [0.29, 0.717) is 11.8 Å². The van der Waals surface area contributed by atoms with Crippen LogP contribution in [0.3, 0.4) is 0 Å². The van der Waals surface area contributed by atoms with Crippen LogP contribution in [0, 0.1) is 5.92 Å². The van der Waals surface area contributed by atoms with Crippen molar-refractivity contribution in [2.24, 2.45) is 5.92 Å². The van der Waals surface area contributed by atoms with Crippen LogP contribution in [0.15, 0.2) is 24.3 Å². The highest BCUT2D eigenvalue weighted by molar-refractivity contribution is 5.30. The first-order valence-corrected chi connectivity index (χ1v) is 5.83. The molecule has 2 atom stereocenters. The van der Waals surface area contributed by atoms with Crippen molar-refractivity contribution < 1.29 is 4.74 Å². The lowest BCUT2D eigenvalue weighted by Gasteiger charge is -2.23. The number of nitrogens with zero attached hydrogens (tertiary/aromatic N) is 1. The first-order chi connectivity index (χ1) is 7.54. The highest BCUT2D eigenvalue weighted by atomic mass is 16.5. The summed E-state index contributed by atoms with van der Waals surface area (Å²) in [5.74, 6) is 2.14. The zero-order valence-electron chi connectivity index (χ0n) is 11.0. The summed E-state index contributed by atoms with van der Waals surface area (Å²) in [4.78, 5) is 2.24. The number of hydrogen-bond donors (Lipinski definition) is 0. The Bertz CT molecular complexity index is 322. The minimum absolute atomic E-state index is 0.553. The van der Waals surface area contributed by atoms with Crippen LogP contribution in [0.25, 0.3) is 0 Å². The molecule has 0 heterocycles. The minimum Gasteiger partial charge on any atom is -0.497 e. The number of hydrogen-bond acceptors (Lipinski definition) is 2. The maximum Gasteiger partial charge on any atom is 0.119 e. The van der Waals surface area contributed by atoms with E-state index in [2.05, 4.69) is 51.0 Å². The lowest BCUT2D eigenvalue weighted by molar-refractivity contribution is 0.313. The first-order valence-electron chi connectivity index (χ1n) is 5.83. The van der Waals surface area contributed by atoms with Gasteiger partial charge in [-0.1, -0.05) is 26.0 Å². The molecule has 0 fully saturated rings. The van der Waals surface area contributed by atoms with Crippen LogP contribution in [-0.2, 0) is 0 Å². The molecule has 0 aliphatic rings. The number of methoxy groups -OCH3 is 1. The average molecular weight is 221 g/mol. The van der Waals surface area contributed by atoms with E-state index < -0.39 is 0 Å². The minimum atomic E-state index is 0.553. The van der Waals surface area contributed by atoms with Crippen molar-refractivity contribution >= 4 is 0 Å². The number of ether oxygens (including phenoxy) is 1. The van der Waals surface area contributed by atoms with Crippen molar-refractivity contribution in [3.63, 3.8) is 0 Å². The molecule has 1 aromatic carbocycles. The molecule has 90 valence electrons. The third-order valence-electron chi connectivity index (χ3n) is 3.13. The van der Waals surface area contributed by atoms with E-state index in [1.807, 2.05) is 6.07 Å². The van der Waals surface area contributed by atoms with Gasteiger partial charge in [-0.25, -0.2) is 0 Å². The Balaban J connectivity index is 2.74. The maximum atomic E-state index is 5.26. The van der Waals surface area contributed by atoms with E-state index in [1.165, 1.54) is 5.56 Å².